The monoisotopic (exact) mass is 1630 g/mol. The fourth-order valence-corrected chi connectivity index (χ4v) is 16.2. The third-order valence-corrected chi connectivity index (χ3v) is 24.6. The van der Waals surface area contributed by atoms with Gasteiger partial charge in [-0.3, -0.25) is 37.3 Å². The molecule has 0 spiro atoms. The summed E-state index contributed by atoms with van der Waals surface area (Å²) in [5.41, 5.74) is 0. The van der Waals surface area contributed by atoms with Crippen LogP contribution in [0.4, 0.5) is 0 Å². The molecule has 112 heavy (non-hydrogen) atoms. The highest BCUT2D eigenvalue weighted by Crippen LogP contribution is 2.45. The Bertz CT molecular complexity index is 2140. The maximum Gasteiger partial charge on any atom is 0.472 e. The van der Waals surface area contributed by atoms with Gasteiger partial charge in [0.1, 0.15) is 19.3 Å². The molecule has 0 aliphatic rings. The molecule has 0 fully saturated rings. The molecule has 0 aromatic rings. The Hall–Kier alpha value is -1.94. The number of rotatable bonds is 92. The van der Waals surface area contributed by atoms with Crippen molar-refractivity contribution in [3.63, 3.8) is 0 Å². The van der Waals surface area contributed by atoms with Crippen LogP contribution in [-0.4, -0.2) is 96.7 Å². The SMILES string of the molecule is CCCCCCCCCCCCCCCCCCCCCCC(=O)OC[C@H](COP(=O)(O)OC[C@@H](O)COP(=O)(O)OC[C@@H](COC(=O)CCCCCCCCC(C)CC)OC(=O)CCCCCCCCCCCCCCCCCCCCCC)OC(=O)CCCCCCCCCCCCCCCCCCCCC(C)CC. The average Bonchev–Trinajstić information content (AvgIpc) is 0.923. The number of esters is 4. The van der Waals surface area contributed by atoms with E-state index in [0.717, 1.165) is 108 Å². The van der Waals surface area contributed by atoms with Crippen LogP contribution in [0.5, 0.6) is 0 Å². The number of aliphatic hydroxyl groups is 1. The minimum Gasteiger partial charge on any atom is -0.462 e. The number of carbonyl (C=O) groups excluding carboxylic acids is 4. The van der Waals surface area contributed by atoms with Crippen LogP contribution in [0.1, 0.15) is 504 Å². The molecule has 0 saturated heterocycles. The van der Waals surface area contributed by atoms with E-state index in [1.807, 2.05) is 0 Å². The van der Waals surface area contributed by atoms with Crippen LogP contribution in [0.15, 0.2) is 0 Å². The first-order valence-corrected chi connectivity index (χ1v) is 51.1. The van der Waals surface area contributed by atoms with Gasteiger partial charge in [0.05, 0.1) is 26.4 Å². The maximum atomic E-state index is 13.2. The molecule has 19 heteroatoms. The number of unbranched alkanes of at least 4 members (excludes halogenated alkanes) is 60. The van der Waals surface area contributed by atoms with Crippen molar-refractivity contribution in [2.24, 2.45) is 11.8 Å². The minimum atomic E-state index is -4.97. The lowest BCUT2D eigenvalue weighted by Crippen LogP contribution is -2.30. The van der Waals surface area contributed by atoms with Gasteiger partial charge in [-0.1, -0.05) is 452 Å². The van der Waals surface area contributed by atoms with E-state index in [0.29, 0.717) is 25.7 Å². The highest BCUT2D eigenvalue weighted by atomic mass is 31.2. The topological polar surface area (TPSA) is 237 Å². The molecule has 0 aromatic heterocycles. The zero-order chi connectivity index (χ0) is 82.0. The van der Waals surface area contributed by atoms with Crippen molar-refractivity contribution < 1.29 is 80.2 Å². The predicted molar refractivity (Wildman–Crippen MR) is 465 cm³/mol. The average molecular weight is 1630 g/mol. The van der Waals surface area contributed by atoms with E-state index in [9.17, 15) is 43.2 Å². The van der Waals surface area contributed by atoms with E-state index in [4.69, 9.17) is 37.0 Å². The van der Waals surface area contributed by atoms with Crippen molar-refractivity contribution in [3.05, 3.63) is 0 Å². The highest BCUT2D eigenvalue weighted by Gasteiger charge is 2.31. The predicted octanol–water partition coefficient (Wildman–Crippen LogP) is 29.0. The zero-order valence-electron chi connectivity index (χ0n) is 74.0. The lowest BCUT2D eigenvalue weighted by atomic mass is 9.99. The second-order valence-electron chi connectivity index (χ2n) is 33.9. The quantitative estimate of drug-likeness (QED) is 0.0222. The summed E-state index contributed by atoms with van der Waals surface area (Å²) in [6, 6.07) is 0. The molecule has 0 saturated carbocycles. The van der Waals surface area contributed by atoms with Crippen molar-refractivity contribution in [1.29, 1.82) is 0 Å². The Morgan fingerprint density at radius 3 is 0.634 bits per heavy atom. The Labute approximate surface area is 689 Å². The largest absolute Gasteiger partial charge is 0.472 e. The zero-order valence-corrected chi connectivity index (χ0v) is 75.8. The van der Waals surface area contributed by atoms with Crippen LogP contribution < -0.4 is 0 Å². The Kier molecular flexibility index (Phi) is 82.6. The summed E-state index contributed by atoms with van der Waals surface area (Å²) in [4.78, 5) is 73.4. The summed E-state index contributed by atoms with van der Waals surface area (Å²) in [6.07, 6.45) is 79.4. The fraction of sp³-hybridized carbons (Fsp3) is 0.957. The van der Waals surface area contributed by atoms with E-state index in [1.165, 1.54) is 315 Å². The number of aliphatic hydroxyl groups excluding tert-OH is 1. The standard InChI is InChI=1S/C93H182O17P2/c1-7-11-13-15-17-19-21-23-25-27-29-31-36-40-44-48-52-56-63-69-75-90(95)103-81-88(109-92(97)77-71-65-58-54-50-46-42-38-34-33-35-39-43-47-51-55-61-67-73-85(5)9-3)83-107-111(99,100)105-79-87(94)80-106-112(101,102)108-84-89(82-104-91(96)76-70-64-60-59-62-68-74-86(6)10-4)110-93(98)78-72-66-57-53-49-45-41-37-32-30-28-26-24-22-20-18-16-14-12-8-2/h85-89,94H,7-84H2,1-6H3,(H,99,100)(H,101,102)/t85?,86?,87-,88-,89-/m1/s1. The number of phosphoric acid groups is 2. The Morgan fingerprint density at radius 1 is 0.250 bits per heavy atom. The summed E-state index contributed by atoms with van der Waals surface area (Å²) in [5, 5.41) is 10.7. The van der Waals surface area contributed by atoms with Gasteiger partial charge in [0, 0.05) is 25.7 Å². The molecule has 3 N–H and O–H groups in total. The second-order valence-corrected chi connectivity index (χ2v) is 36.8. The van der Waals surface area contributed by atoms with Crippen molar-refractivity contribution in [3.8, 4) is 0 Å². The maximum absolute atomic E-state index is 13.2. The number of hydrogen-bond acceptors (Lipinski definition) is 15. The van der Waals surface area contributed by atoms with Crippen LogP contribution in [0.3, 0.4) is 0 Å². The number of phosphoric ester groups is 2. The van der Waals surface area contributed by atoms with Crippen LogP contribution in [-0.2, 0) is 65.4 Å². The molecular formula is C93H182O17P2. The molecule has 17 nitrogen and oxygen atoms in total. The molecule has 7 atom stereocenters. The summed E-state index contributed by atoms with van der Waals surface area (Å²) in [5.74, 6) is -0.494. The van der Waals surface area contributed by atoms with Gasteiger partial charge >= 0.3 is 39.5 Å². The smallest absolute Gasteiger partial charge is 0.462 e. The third kappa shape index (κ3) is 83.1. The van der Waals surface area contributed by atoms with Gasteiger partial charge in [0.2, 0.25) is 0 Å². The first kappa shape index (κ1) is 110. The summed E-state index contributed by atoms with van der Waals surface area (Å²) >= 11 is 0. The minimum absolute atomic E-state index is 0.108. The lowest BCUT2D eigenvalue weighted by molar-refractivity contribution is -0.161. The summed E-state index contributed by atoms with van der Waals surface area (Å²) in [7, 11) is -9.94. The van der Waals surface area contributed by atoms with E-state index in [1.54, 1.807) is 0 Å². The van der Waals surface area contributed by atoms with Gasteiger partial charge in [-0.25, -0.2) is 9.13 Å². The van der Waals surface area contributed by atoms with Crippen LogP contribution in [0.2, 0.25) is 0 Å². The molecule has 4 unspecified atom stereocenters. The fourth-order valence-electron chi connectivity index (χ4n) is 14.6. The van der Waals surface area contributed by atoms with Crippen molar-refractivity contribution in [2.75, 3.05) is 39.6 Å². The molecule has 0 aromatic carbocycles. The molecule has 0 amide bonds. The lowest BCUT2D eigenvalue weighted by Gasteiger charge is -2.21. The molecule has 0 heterocycles. The molecule has 0 rings (SSSR count). The third-order valence-electron chi connectivity index (χ3n) is 22.7. The van der Waals surface area contributed by atoms with Gasteiger partial charge < -0.3 is 33.8 Å². The Morgan fingerprint density at radius 2 is 0.429 bits per heavy atom. The van der Waals surface area contributed by atoms with Crippen LogP contribution >= 0.6 is 15.6 Å². The van der Waals surface area contributed by atoms with Gasteiger partial charge in [0.15, 0.2) is 12.2 Å². The molecule has 0 aliphatic carbocycles. The molecule has 0 radical (unpaired) electrons. The van der Waals surface area contributed by atoms with Crippen LogP contribution in [0.25, 0.3) is 0 Å². The van der Waals surface area contributed by atoms with Crippen LogP contribution in [0, 0.1) is 11.8 Å². The van der Waals surface area contributed by atoms with Gasteiger partial charge in [-0.05, 0) is 37.5 Å². The van der Waals surface area contributed by atoms with Crippen molar-refractivity contribution in [2.45, 2.75) is 522 Å². The van der Waals surface area contributed by atoms with Gasteiger partial charge in [-0.15, -0.1) is 0 Å². The number of hydrogen-bond donors (Lipinski definition) is 3. The van der Waals surface area contributed by atoms with Crippen molar-refractivity contribution >= 4 is 39.5 Å². The first-order valence-electron chi connectivity index (χ1n) is 48.1. The summed E-state index contributed by atoms with van der Waals surface area (Å²) in [6.45, 7) is 9.74. The number of carbonyl (C=O) groups is 4. The normalized spacial score (nSPS) is 14.2. The Balaban J connectivity index is 5.21. The molecule has 0 aliphatic heterocycles. The second kappa shape index (κ2) is 84.1. The van der Waals surface area contributed by atoms with E-state index in [2.05, 4.69) is 41.5 Å². The van der Waals surface area contributed by atoms with Gasteiger partial charge in [0.25, 0.3) is 0 Å². The molecule has 666 valence electrons. The molecule has 0 bridgehead atoms. The highest BCUT2D eigenvalue weighted by molar-refractivity contribution is 7.47. The molecular weight excluding hydrogens is 1450 g/mol. The number of ether oxygens (including phenoxy) is 4. The van der Waals surface area contributed by atoms with E-state index < -0.39 is 97.5 Å². The van der Waals surface area contributed by atoms with E-state index in [-0.39, 0.29) is 25.7 Å². The summed E-state index contributed by atoms with van der Waals surface area (Å²) < 4.78 is 69.1. The first-order chi connectivity index (χ1) is 54.4. The van der Waals surface area contributed by atoms with E-state index >= 15 is 0 Å². The van der Waals surface area contributed by atoms with Crippen molar-refractivity contribution in [1.82, 2.24) is 0 Å². The van der Waals surface area contributed by atoms with Gasteiger partial charge in [-0.2, -0.15) is 0 Å².